The fraction of sp³-hybridized carbons (Fsp3) is 0.429. The number of carbonyl (C=O) groups excluding carboxylic acids is 1. The van der Waals surface area contributed by atoms with Crippen LogP contribution in [0.3, 0.4) is 0 Å². The molecule has 1 atom stereocenters. The first-order valence-corrected chi connectivity index (χ1v) is 9.22. The van der Waals surface area contributed by atoms with E-state index < -0.39 is 0 Å². The topological polar surface area (TPSA) is 55.6 Å². The van der Waals surface area contributed by atoms with Crippen molar-refractivity contribution in [2.45, 2.75) is 38.7 Å². The normalized spacial score (nSPS) is 17.3. The Labute approximate surface area is 154 Å². The van der Waals surface area contributed by atoms with E-state index in [0.29, 0.717) is 18.8 Å². The van der Waals surface area contributed by atoms with Crippen LogP contribution in [-0.2, 0) is 4.74 Å². The Balaban J connectivity index is 1.71. The monoisotopic (exact) mass is 354 g/mol. The van der Waals surface area contributed by atoms with Crippen molar-refractivity contribution in [3.05, 3.63) is 59.5 Å². The molecule has 1 unspecified atom stereocenters. The highest BCUT2D eigenvalue weighted by Gasteiger charge is 2.25. The molecule has 1 aromatic carbocycles. The lowest BCUT2D eigenvalue weighted by Gasteiger charge is -2.23. The summed E-state index contributed by atoms with van der Waals surface area (Å²) in [5.41, 5.74) is 1.47. The van der Waals surface area contributed by atoms with Crippen molar-refractivity contribution in [3.8, 4) is 0 Å². The van der Waals surface area contributed by atoms with Gasteiger partial charge in [-0.1, -0.05) is 61.5 Å². The summed E-state index contributed by atoms with van der Waals surface area (Å²) < 4.78 is 11.0. The van der Waals surface area contributed by atoms with Crippen molar-refractivity contribution in [1.82, 2.24) is 10.1 Å². The first kappa shape index (κ1) is 18.4. The summed E-state index contributed by atoms with van der Waals surface area (Å²) in [6.45, 7) is 5.89. The number of rotatable bonds is 7. The van der Waals surface area contributed by atoms with E-state index in [4.69, 9.17) is 9.26 Å². The van der Waals surface area contributed by atoms with Gasteiger partial charge >= 0.3 is 0 Å². The number of carbonyl (C=O) groups is 1. The van der Waals surface area contributed by atoms with Crippen molar-refractivity contribution < 1.29 is 14.1 Å². The van der Waals surface area contributed by atoms with Crippen LogP contribution >= 0.6 is 0 Å². The smallest absolute Gasteiger partial charge is 0.276 e. The molecular weight excluding hydrogens is 328 g/mol. The molecule has 0 N–H and O–H groups in total. The molecular formula is C21H26N2O3. The van der Waals surface area contributed by atoms with Crippen molar-refractivity contribution in [1.29, 1.82) is 0 Å². The number of ether oxygens (including phenoxy) is 1. The lowest BCUT2D eigenvalue weighted by atomic mass is 10.1. The molecule has 1 aromatic heterocycles. The summed E-state index contributed by atoms with van der Waals surface area (Å²) in [7, 11) is 0. The minimum absolute atomic E-state index is 0.0977. The molecule has 3 rings (SSSR count). The van der Waals surface area contributed by atoms with E-state index in [1.54, 1.807) is 11.0 Å². The molecule has 1 fully saturated rings. The predicted molar refractivity (Wildman–Crippen MR) is 101 cm³/mol. The highest BCUT2D eigenvalue weighted by molar-refractivity contribution is 5.92. The van der Waals surface area contributed by atoms with Gasteiger partial charge in [-0.3, -0.25) is 4.79 Å². The molecule has 0 aliphatic carbocycles. The van der Waals surface area contributed by atoms with Gasteiger partial charge in [0, 0.05) is 31.7 Å². The third-order valence-corrected chi connectivity index (χ3v) is 4.49. The Hall–Kier alpha value is -2.40. The minimum Gasteiger partial charge on any atom is -0.376 e. The molecule has 5 heteroatoms. The second-order valence-corrected chi connectivity index (χ2v) is 6.93. The number of hydrogen-bond donors (Lipinski definition) is 0. The van der Waals surface area contributed by atoms with E-state index in [-0.39, 0.29) is 17.9 Å². The third-order valence-electron chi connectivity index (χ3n) is 4.49. The maximum Gasteiger partial charge on any atom is 0.276 e. The largest absolute Gasteiger partial charge is 0.376 e. The zero-order valence-corrected chi connectivity index (χ0v) is 15.4. The lowest BCUT2D eigenvalue weighted by molar-refractivity contribution is 0.0546. The number of amides is 1. The maximum atomic E-state index is 12.9. The van der Waals surface area contributed by atoms with Gasteiger partial charge in [0.2, 0.25) is 0 Å². The molecule has 0 radical (unpaired) electrons. The van der Waals surface area contributed by atoms with Crippen LogP contribution in [0.25, 0.3) is 6.08 Å². The molecule has 0 spiro atoms. The van der Waals surface area contributed by atoms with Gasteiger partial charge in [0.25, 0.3) is 5.91 Å². The standard InChI is InChI=1S/C21H26N2O3/c1-16(2)20-14-19(22-26-20)21(24)23(15-18-11-7-13-25-18)12-6-10-17-8-4-3-5-9-17/h3-6,8-10,14,16,18H,7,11-13,15H2,1-2H3/b10-6+. The first-order valence-electron chi connectivity index (χ1n) is 9.22. The molecule has 1 amide bonds. The van der Waals surface area contributed by atoms with E-state index in [1.807, 2.05) is 56.3 Å². The van der Waals surface area contributed by atoms with Crippen molar-refractivity contribution in [3.63, 3.8) is 0 Å². The number of hydrogen-bond acceptors (Lipinski definition) is 4. The van der Waals surface area contributed by atoms with Crippen molar-refractivity contribution >= 4 is 12.0 Å². The lowest BCUT2D eigenvalue weighted by Crippen LogP contribution is -2.37. The molecule has 1 aliphatic heterocycles. The molecule has 2 heterocycles. The van der Waals surface area contributed by atoms with Gasteiger partial charge in [0.1, 0.15) is 5.76 Å². The summed E-state index contributed by atoms with van der Waals surface area (Å²) in [6, 6.07) is 11.8. The molecule has 5 nitrogen and oxygen atoms in total. The summed E-state index contributed by atoms with van der Waals surface area (Å²) >= 11 is 0. The zero-order valence-electron chi connectivity index (χ0n) is 15.4. The van der Waals surface area contributed by atoms with Crippen molar-refractivity contribution in [2.24, 2.45) is 0 Å². The van der Waals surface area contributed by atoms with Crippen LogP contribution < -0.4 is 0 Å². The van der Waals surface area contributed by atoms with Gasteiger partial charge in [-0.05, 0) is 18.4 Å². The Morgan fingerprint density at radius 2 is 2.15 bits per heavy atom. The summed E-state index contributed by atoms with van der Waals surface area (Å²) in [5, 5.41) is 3.97. The zero-order chi connectivity index (χ0) is 18.4. The summed E-state index contributed by atoms with van der Waals surface area (Å²) in [4.78, 5) is 14.7. The molecule has 0 bridgehead atoms. The Bertz CT molecular complexity index is 731. The van der Waals surface area contributed by atoms with Crippen LogP contribution in [0.1, 0.15) is 54.4 Å². The van der Waals surface area contributed by atoms with Gasteiger partial charge in [-0.25, -0.2) is 0 Å². The second-order valence-electron chi connectivity index (χ2n) is 6.93. The maximum absolute atomic E-state index is 12.9. The Morgan fingerprint density at radius 1 is 1.35 bits per heavy atom. The van der Waals surface area contributed by atoms with E-state index in [0.717, 1.165) is 30.8 Å². The highest BCUT2D eigenvalue weighted by atomic mass is 16.5. The molecule has 1 aliphatic rings. The molecule has 26 heavy (non-hydrogen) atoms. The van der Waals surface area contributed by atoms with Gasteiger partial charge in [-0.15, -0.1) is 0 Å². The average molecular weight is 354 g/mol. The van der Waals surface area contributed by atoms with E-state index in [2.05, 4.69) is 5.16 Å². The van der Waals surface area contributed by atoms with Crippen LogP contribution in [0, 0.1) is 0 Å². The van der Waals surface area contributed by atoms with Crippen LogP contribution in [0.2, 0.25) is 0 Å². The fourth-order valence-electron chi connectivity index (χ4n) is 2.98. The summed E-state index contributed by atoms with van der Waals surface area (Å²) in [6.07, 6.45) is 6.17. The second kappa shape index (κ2) is 8.81. The van der Waals surface area contributed by atoms with Gasteiger partial charge in [0.05, 0.1) is 6.10 Å². The van der Waals surface area contributed by atoms with Crippen LogP contribution in [-0.4, -0.2) is 41.8 Å². The minimum atomic E-state index is -0.117. The van der Waals surface area contributed by atoms with E-state index >= 15 is 0 Å². The number of benzene rings is 1. The van der Waals surface area contributed by atoms with Gasteiger partial charge in [0.15, 0.2) is 5.69 Å². The Morgan fingerprint density at radius 3 is 2.81 bits per heavy atom. The predicted octanol–water partition coefficient (Wildman–Crippen LogP) is 4.13. The van der Waals surface area contributed by atoms with Crippen molar-refractivity contribution in [2.75, 3.05) is 19.7 Å². The molecule has 138 valence electrons. The van der Waals surface area contributed by atoms with Crippen LogP contribution in [0.15, 0.2) is 47.0 Å². The third kappa shape index (κ3) is 4.82. The SMILES string of the molecule is CC(C)c1cc(C(=O)N(C/C=C/c2ccccc2)CC2CCCO2)no1. The van der Waals surface area contributed by atoms with Gasteiger partial charge in [-0.2, -0.15) is 0 Å². The number of aromatic nitrogens is 1. The molecule has 0 saturated carbocycles. The van der Waals surface area contributed by atoms with Crippen LogP contribution in [0.4, 0.5) is 0 Å². The average Bonchev–Trinajstić information content (AvgIpc) is 3.33. The van der Waals surface area contributed by atoms with Gasteiger partial charge < -0.3 is 14.2 Å². The number of nitrogens with zero attached hydrogens (tertiary/aromatic N) is 2. The van der Waals surface area contributed by atoms with Crippen LogP contribution in [0.5, 0.6) is 0 Å². The highest BCUT2D eigenvalue weighted by Crippen LogP contribution is 2.18. The first-order chi connectivity index (χ1) is 12.6. The van der Waals surface area contributed by atoms with E-state index in [9.17, 15) is 4.79 Å². The molecule has 1 saturated heterocycles. The quantitative estimate of drug-likeness (QED) is 0.750. The fourth-order valence-corrected chi connectivity index (χ4v) is 2.98. The van der Waals surface area contributed by atoms with E-state index in [1.165, 1.54) is 0 Å². The Kier molecular flexibility index (Phi) is 6.23. The summed E-state index contributed by atoms with van der Waals surface area (Å²) in [5.74, 6) is 0.813. The molecule has 2 aromatic rings.